The Hall–Kier alpha value is -2.15. The molecule has 1 aliphatic rings. The van der Waals surface area contributed by atoms with E-state index in [1.807, 2.05) is 0 Å². The number of ketones is 1. The van der Waals surface area contributed by atoms with Gasteiger partial charge in [0.25, 0.3) is 0 Å². The molecule has 0 N–H and O–H groups in total. The maximum absolute atomic E-state index is 12.2. The molecule has 1 aromatic carbocycles. The summed E-state index contributed by atoms with van der Waals surface area (Å²) in [6.45, 7) is 2.64. The highest BCUT2D eigenvalue weighted by molar-refractivity contribution is 7.08. The van der Waals surface area contributed by atoms with E-state index >= 15 is 0 Å². The van der Waals surface area contributed by atoms with Gasteiger partial charge in [0.1, 0.15) is 24.8 Å². The summed E-state index contributed by atoms with van der Waals surface area (Å²) < 4.78 is 12.0. The molecule has 1 aliphatic heterocycles. The number of rotatable bonds is 3. The van der Waals surface area contributed by atoms with Gasteiger partial charge in [0.2, 0.25) is 0 Å². The van der Waals surface area contributed by atoms with Gasteiger partial charge in [-0.2, -0.15) is 5.10 Å². The predicted molar refractivity (Wildman–Crippen MR) is 72.9 cm³/mol. The van der Waals surface area contributed by atoms with Gasteiger partial charge in [0, 0.05) is 5.56 Å². The molecule has 6 nitrogen and oxygen atoms in total. The quantitative estimate of drug-likeness (QED) is 0.797. The third-order valence-corrected chi connectivity index (χ3v) is 3.63. The lowest BCUT2D eigenvalue weighted by Crippen LogP contribution is -2.21. The Kier molecular flexibility index (Phi) is 3.27. The van der Waals surface area contributed by atoms with Crippen LogP contribution in [0.1, 0.15) is 15.4 Å². The van der Waals surface area contributed by atoms with E-state index in [-0.39, 0.29) is 17.2 Å². The van der Waals surface area contributed by atoms with Gasteiger partial charge < -0.3 is 9.47 Å². The van der Waals surface area contributed by atoms with Gasteiger partial charge in [0.15, 0.2) is 17.3 Å². The van der Waals surface area contributed by atoms with E-state index in [1.54, 1.807) is 25.1 Å². The number of ether oxygens (including phenoxy) is 2. The largest absolute Gasteiger partial charge is 0.486 e. The van der Waals surface area contributed by atoms with E-state index < -0.39 is 0 Å². The van der Waals surface area contributed by atoms with Crippen LogP contribution in [0.3, 0.4) is 0 Å². The highest BCUT2D eigenvalue weighted by Gasteiger charge is 2.16. The second kappa shape index (κ2) is 5.09. The molecule has 20 heavy (non-hydrogen) atoms. The molecule has 0 unspecified atom stereocenters. The van der Waals surface area contributed by atoms with Gasteiger partial charge in [-0.15, -0.1) is 0 Å². The molecule has 0 saturated carbocycles. The maximum atomic E-state index is 12.2. The molecule has 3 rings (SSSR count). The molecular formula is C13H12N2O4S. The Balaban J connectivity index is 1.84. The normalized spacial score (nSPS) is 13.2. The van der Waals surface area contributed by atoms with E-state index in [9.17, 15) is 9.59 Å². The molecule has 0 spiro atoms. The summed E-state index contributed by atoms with van der Waals surface area (Å²) in [5, 5.41) is 4.65. The fraction of sp³-hybridized carbons (Fsp3) is 0.308. The van der Waals surface area contributed by atoms with Gasteiger partial charge >= 0.3 is 4.87 Å². The van der Waals surface area contributed by atoms with E-state index in [4.69, 9.17) is 9.47 Å². The minimum absolute atomic E-state index is 0.0666. The lowest BCUT2D eigenvalue weighted by atomic mass is 10.1. The second-order valence-electron chi connectivity index (χ2n) is 4.33. The van der Waals surface area contributed by atoms with Crippen LogP contribution in [0.5, 0.6) is 11.5 Å². The number of nitrogens with zero attached hydrogens (tertiary/aromatic N) is 2. The SMILES string of the molecule is Cc1nn(CC(=O)c2ccc3c(c2)OCCO3)c(=O)s1. The zero-order valence-corrected chi connectivity index (χ0v) is 11.6. The van der Waals surface area contributed by atoms with Gasteiger partial charge in [-0.3, -0.25) is 9.59 Å². The van der Waals surface area contributed by atoms with E-state index in [0.29, 0.717) is 35.3 Å². The molecule has 1 aromatic heterocycles. The molecule has 2 heterocycles. The first-order chi connectivity index (χ1) is 9.63. The summed E-state index contributed by atoms with van der Waals surface area (Å²) in [6.07, 6.45) is 0. The third kappa shape index (κ3) is 2.44. The lowest BCUT2D eigenvalue weighted by molar-refractivity contribution is 0.0965. The van der Waals surface area contributed by atoms with Gasteiger partial charge in [-0.25, -0.2) is 4.68 Å². The zero-order valence-electron chi connectivity index (χ0n) is 10.8. The van der Waals surface area contributed by atoms with Crippen LogP contribution in [0.2, 0.25) is 0 Å². The fourth-order valence-corrected chi connectivity index (χ4v) is 2.56. The topological polar surface area (TPSA) is 70.4 Å². The van der Waals surface area contributed by atoms with Gasteiger partial charge in [-0.1, -0.05) is 11.3 Å². The first-order valence-electron chi connectivity index (χ1n) is 6.11. The fourth-order valence-electron chi connectivity index (χ4n) is 1.95. The number of hydrogen-bond donors (Lipinski definition) is 0. The number of fused-ring (bicyclic) bond motifs is 1. The van der Waals surface area contributed by atoms with Crippen LogP contribution < -0.4 is 14.3 Å². The molecule has 7 heteroatoms. The minimum atomic E-state index is -0.228. The van der Waals surface area contributed by atoms with Crippen LogP contribution in [-0.2, 0) is 6.54 Å². The average molecular weight is 292 g/mol. The van der Waals surface area contributed by atoms with Crippen LogP contribution in [0.15, 0.2) is 23.0 Å². The van der Waals surface area contributed by atoms with Crippen LogP contribution in [0.25, 0.3) is 0 Å². The molecule has 104 valence electrons. The molecule has 0 aliphatic carbocycles. The molecule has 0 bridgehead atoms. The second-order valence-corrected chi connectivity index (χ2v) is 5.47. The van der Waals surface area contributed by atoms with E-state index in [0.717, 1.165) is 11.3 Å². The van der Waals surface area contributed by atoms with Crippen LogP contribution in [-0.4, -0.2) is 28.8 Å². The summed E-state index contributed by atoms with van der Waals surface area (Å²) >= 11 is 1.03. The third-order valence-electron chi connectivity index (χ3n) is 2.86. The Morgan fingerprint density at radius 3 is 2.80 bits per heavy atom. The number of carbonyl (C=O) groups is 1. The van der Waals surface area contributed by atoms with Crippen LogP contribution in [0, 0.1) is 6.92 Å². The summed E-state index contributed by atoms with van der Waals surface area (Å²) in [5.74, 6) is 1.01. The van der Waals surface area contributed by atoms with Crippen molar-refractivity contribution in [3.8, 4) is 11.5 Å². The predicted octanol–water partition coefficient (Wildman–Crippen LogP) is 1.27. The van der Waals surface area contributed by atoms with Crippen molar-refractivity contribution in [1.82, 2.24) is 9.78 Å². The highest BCUT2D eigenvalue weighted by Crippen LogP contribution is 2.30. The molecule has 0 saturated heterocycles. The van der Waals surface area contributed by atoms with Crippen molar-refractivity contribution in [2.45, 2.75) is 13.5 Å². The van der Waals surface area contributed by atoms with Gasteiger partial charge in [0.05, 0.1) is 0 Å². The Morgan fingerprint density at radius 2 is 2.10 bits per heavy atom. The van der Waals surface area contributed by atoms with Crippen molar-refractivity contribution in [2.75, 3.05) is 13.2 Å². The molecule has 2 aromatic rings. The number of carbonyl (C=O) groups excluding carboxylic acids is 1. The Labute approximate surface area is 118 Å². The maximum Gasteiger partial charge on any atom is 0.325 e. The number of aryl methyl sites for hydroxylation is 1. The number of Topliss-reactive ketones (excluding diaryl/α,β-unsaturated/α-hetero) is 1. The number of benzene rings is 1. The first-order valence-corrected chi connectivity index (χ1v) is 6.92. The summed E-state index contributed by atoms with van der Waals surface area (Å²) in [7, 11) is 0. The van der Waals surface area contributed by atoms with E-state index in [1.165, 1.54) is 4.68 Å². The smallest absolute Gasteiger partial charge is 0.325 e. The van der Waals surface area contributed by atoms with Crippen LogP contribution in [0.4, 0.5) is 0 Å². The number of aromatic nitrogens is 2. The van der Waals surface area contributed by atoms with Crippen molar-refractivity contribution in [3.05, 3.63) is 38.4 Å². The van der Waals surface area contributed by atoms with E-state index in [2.05, 4.69) is 5.10 Å². The Bertz CT molecular complexity index is 719. The molecule has 0 radical (unpaired) electrons. The van der Waals surface area contributed by atoms with Crippen molar-refractivity contribution >= 4 is 17.1 Å². The number of hydrogen-bond acceptors (Lipinski definition) is 6. The molecular weight excluding hydrogens is 280 g/mol. The van der Waals surface area contributed by atoms with Crippen molar-refractivity contribution in [2.24, 2.45) is 0 Å². The molecule has 0 atom stereocenters. The molecule has 0 fully saturated rings. The average Bonchev–Trinajstić information content (AvgIpc) is 2.76. The van der Waals surface area contributed by atoms with Crippen molar-refractivity contribution in [1.29, 1.82) is 0 Å². The molecule has 0 amide bonds. The lowest BCUT2D eigenvalue weighted by Gasteiger charge is -2.18. The first kappa shape index (κ1) is 12.9. The monoisotopic (exact) mass is 292 g/mol. The standard InChI is InChI=1S/C13H12N2O4S/c1-8-14-15(13(17)20-8)7-10(16)9-2-3-11-12(6-9)19-5-4-18-11/h2-3,6H,4-5,7H2,1H3. The van der Waals surface area contributed by atoms with Gasteiger partial charge in [-0.05, 0) is 25.1 Å². The van der Waals surface area contributed by atoms with Crippen LogP contribution >= 0.6 is 11.3 Å². The highest BCUT2D eigenvalue weighted by atomic mass is 32.1. The summed E-state index contributed by atoms with van der Waals surface area (Å²) in [6, 6.07) is 5.01. The summed E-state index contributed by atoms with van der Waals surface area (Å²) in [4.78, 5) is 23.5. The minimum Gasteiger partial charge on any atom is -0.486 e. The summed E-state index contributed by atoms with van der Waals surface area (Å²) in [5.41, 5.74) is 0.479. The Morgan fingerprint density at radius 1 is 1.35 bits per heavy atom. The van der Waals surface area contributed by atoms with Crippen molar-refractivity contribution in [3.63, 3.8) is 0 Å². The van der Waals surface area contributed by atoms with Crippen molar-refractivity contribution < 1.29 is 14.3 Å². The zero-order chi connectivity index (χ0) is 14.1.